The Morgan fingerprint density at radius 2 is 1.69 bits per heavy atom. The SMILES string of the molecule is C#CCCCC(CCCCCCCC)NN. The minimum absolute atomic E-state index is 0.458. The maximum absolute atomic E-state index is 5.52. The van der Waals surface area contributed by atoms with Crippen LogP contribution in [0.5, 0.6) is 0 Å². The van der Waals surface area contributed by atoms with Crippen LogP contribution in [-0.2, 0) is 0 Å². The van der Waals surface area contributed by atoms with E-state index in [2.05, 4.69) is 18.3 Å². The van der Waals surface area contributed by atoms with E-state index in [0.717, 1.165) is 19.3 Å². The fourth-order valence-electron chi connectivity index (χ4n) is 1.93. The van der Waals surface area contributed by atoms with Gasteiger partial charge in [0.05, 0.1) is 0 Å². The Bertz CT molecular complexity index is 172. The first kappa shape index (κ1) is 15.5. The van der Waals surface area contributed by atoms with Crippen LogP contribution in [0, 0.1) is 12.3 Å². The summed E-state index contributed by atoms with van der Waals surface area (Å²) >= 11 is 0. The second-order valence-corrected chi connectivity index (χ2v) is 4.52. The average Bonchev–Trinajstić information content (AvgIpc) is 2.31. The zero-order valence-electron chi connectivity index (χ0n) is 10.8. The van der Waals surface area contributed by atoms with Crippen molar-refractivity contribution in [2.45, 2.75) is 77.2 Å². The Balaban J connectivity index is 3.30. The summed E-state index contributed by atoms with van der Waals surface area (Å²) in [6.45, 7) is 2.25. The molecule has 0 aliphatic heterocycles. The van der Waals surface area contributed by atoms with Crippen LogP contribution in [-0.4, -0.2) is 6.04 Å². The normalized spacial score (nSPS) is 12.3. The lowest BCUT2D eigenvalue weighted by Gasteiger charge is -2.14. The topological polar surface area (TPSA) is 38.0 Å². The fourth-order valence-corrected chi connectivity index (χ4v) is 1.93. The van der Waals surface area contributed by atoms with Crippen molar-refractivity contribution in [1.82, 2.24) is 5.43 Å². The van der Waals surface area contributed by atoms with Crippen LogP contribution in [0.15, 0.2) is 0 Å². The molecule has 2 heteroatoms. The van der Waals surface area contributed by atoms with E-state index in [-0.39, 0.29) is 0 Å². The molecule has 0 saturated carbocycles. The van der Waals surface area contributed by atoms with Crippen molar-refractivity contribution in [1.29, 1.82) is 0 Å². The molecule has 2 nitrogen and oxygen atoms in total. The lowest BCUT2D eigenvalue weighted by atomic mass is 10.0. The predicted molar refractivity (Wildman–Crippen MR) is 71.8 cm³/mol. The molecule has 0 rings (SSSR count). The van der Waals surface area contributed by atoms with Gasteiger partial charge in [-0.2, -0.15) is 0 Å². The van der Waals surface area contributed by atoms with Gasteiger partial charge in [0.15, 0.2) is 0 Å². The number of nitrogens with one attached hydrogen (secondary N) is 1. The fraction of sp³-hybridized carbons (Fsp3) is 0.857. The standard InChI is InChI=1S/C14H28N2/c1-3-5-7-8-9-11-13-14(16-15)12-10-6-4-2/h2,14,16H,3,5-13,15H2,1H3. The molecule has 0 spiro atoms. The maximum atomic E-state index is 5.52. The van der Waals surface area contributed by atoms with Gasteiger partial charge in [-0.3, -0.25) is 11.3 Å². The lowest BCUT2D eigenvalue weighted by molar-refractivity contribution is 0.430. The van der Waals surface area contributed by atoms with Crippen molar-refractivity contribution in [3.05, 3.63) is 0 Å². The molecule has 3 N–H and O–H groups in total. The van der Waals surface area contributed by atoms with Crippen LogP contribution in [0.3, 0.4) is 0 Å². The van der Waals surface area contributed by atoms with E-state index < -0.39 is 0 Å². The summed E-state index contributed by atoms with van der Waals surface area (Å²) in [5.74, 6) is 8.18. The van der Waals surface area contributed by atoms with Gasteiger partial charge in [-0.05, 0) is 19.3 Å². The Hall–Kier alpha value is -0.520. The van der Waals surface area contributed by atoms with Crippen molar-refractivity contribution in [2.75, 3.05) is 0 Å². The third kappa shape index (κ3) is 10.0. The summed E-state index contributed by atoms with van der Waals surface area (Å²) in [7, 11) is 0. The first-order chi connectivity index (χ1) is 7.85. The summed E-state index contributed by atoms with van der Waals surface area (Å²) in [5, 5.41) is 0. The van der Waals surface area contributed by atoms with Gasteiger partial charge in [-0.15, -0.1) is 12.3 Å². The van der Waals surface area contributed by atoms with Crippen LogP contribution in [0.1, 0.15) is 71.1 Å². The van der Waals surface area contributed by atoms with Gasteiger partial charge in [0.25, 0.3) is 0 Å². The molecule has 16 heavy (non-hydrogen) atoms. The summed E-state index contributed by atoms with van der Waals surface area (Å²) in [6.07, 6.45) is 17.5. The lowest BCUT2D eigenvalue weighted by Crippen LogP contribution is -2.34. The van der Waals surface area contributed by atoms with Crippen LogP contribution < -0.4 is 11.3 Å². The number of terminal acetylenes is 1. The van der Waals surface area contributed by atoms with Crippen LogP contribution >= 0.6 is 0 Å². The van der Waals surface area contributed by atoms with Crippen LogP contribution in [0.25, 0.3) is 0 Å². The molecule has 0 saturated heterocycles. The number of hydrogen-bond acceptors (Lipinski definition) is 2. The second kappa shape index (κ2) is 12.5. The van der Waals surface area contributed by atoms with Crippen molar-refractivity contribution >= 4 is 0 Å². The summed E-state index contributed by atoms with van der Waals surface area (Å²) in [4.78, 5) is 0. The van der Waals surface area contributed by atoms with Gasteiger partial charge in [0, 0.05) is 12.5 Å². The van der Waals surface area contributed by atoms with Gasteiger partial charge >= 0.3 is 0 Å². The molecule has 1 atom stereocenters. The van der Waals surface area contributed by atoms with Crippen molar-refractivity contribution in [3.8, 4) is 12.3 Å². The van der Waals surface area contributed by atoms with Crippen LogP contribution in [0.4, 0.5) is 0 Å². The Morgan fingerprint density at radius 3 is 2.31 bits per heavy atom. The minimum Gasteiger partial charge on any atom is -0.271 e. The molecule has 0 fully saturated rings. The number of hydrazine groups is 1. The molecule has 0 aliphatic rings. The van der Waals surface area contributed by atoms with E-state index in [1.807, 2.05) is 0 Å². The Kier molecular flexibility index (Phi) is 12.1. The highest BCUT2D eigenvalue weighted by Crippen LogP contribution is 2.11. The molecule has 0 aromatic heterocycles. The summed E-state index contributed by atoms with van der Waals surface area (Å²) in [6, 6.07) is 0.458. The number of hydrogen-bond donors (Lipinski definition) is 2. The van der Waals surface area contributed by atoms with E-state index in [4.69, 9.17) is 12.3 Å². The molecule has 0 radical (unpaired) electrons. The molecule has 94 valence electrons. The Labute approximate surface area is 101 Å². The molecular formula is C14H28N2. The third-order valence-corrected chi connectivity index (χ3v) is 3.02. The van der Waals surface area contributed by atoms with Gasteiger partial charge in [0.1, 0.15) is 0 Å². The second-order valence-electron chi connectivity index (χ2n) is 4.52. The first-order valence-electron chi connectivity index (χ1n) is 6.74. The number of unbranched alkanes of at least 4 members (excludes halogenated alkanes) is 6. The monoisotopic (exact) mass is 224 g/mol. The zero-order valence-corrected chi connectivity index (χ0v) is 10.8. The molecule has 0 amide bonds. The van der Waals surface area contributed by atoms with E-state index in [1.165, 1.54) is 44.9 Å². The molecule has 0 heterocycles. The third-order valence-electron chi connectivity index (χ3n) is 3.02. The average molecular weight is 224 g/mol. The summed E-state index contributed by atoms with van der Waals surface area (Å²) < 4.78 is 0. The molecule has 0 aromatic rings. The van der Waals surface area contributed by atoms with E-state index in [9.17, 15) is 0 Å². The highest BCUT2D eigenvalue weighted by atomic mass is 15.2. The van der Waals surface area contributed by atoms with E-state index in [1.54, 1.807) is 0 Å². The quantitative estimate of drug-likeness (QED) is 0.244. The molecule has 0 aliphatic carbocycles. The highest BCUT2D eigenvalue weighted by Gasteiger charge is 2.04. The van der Waals surface area contributed by atoms with Gasteiger partial charge in [-0.1, -0.05) is 45.4 Å². The summed E-state index contributed by atoms with van der Waals surface area (Å²) in [5.41, 5.74) is 2.89. The Morgan fingerprint density at radius 1 is 1.06 bits per heavy atom. The zero-order chi connectivity index (χ0) is 12.1. The minimum atomic E-state index is 0.458. The number of nitrogens with two attached hydrogens (primary N) is 1. The van der Waals surface area contributed by atoms with Gasteiger partial charge in [0.2, 0.25) is 0 Å². The van der Waals surface area contributed by atoms with Crippen LogP contribution in [0.2, 0.25) is 0 Å². The molecule has 0 bridgehead atoms. The largest absolute Gasteiger partial charge is 0.271 e. The van der Waals surface area contributed by atoms with Gasteiger partial charge < -0.3 is 0 Å². The smallest absolute Gasteiger partial charge is 0.0210 e. The highest BCUT2D eigenvalue weighted by molar-refractivity contribution is 4.83. The molecule has 1 unspecified atom stereocenters. The first-order valence-corrected chi connectivity index (χ1v) is 6.74. The van der Waals surface area contributed by atoms with Gasteiger partial charge in [-0.25, -0.2) is 0 Å². The number of rotatable bonds is 11. The van der Waals surface area contributed by atoms with Crippen molar-refractivity contribution in [3.63, 3.8) is 0 Å². The van der Waals surface area contributed by atoms with Crippen molar-refractivity contribution < 1.29 is 0 Å². The maximum Gasteiger partial charge on any atom is 0.0210 e. The molecule has 0 aromatic carbocycles. The van der Waals surface area contributed by atoms with E-state index in [0.29, 0.717) is 6.04 Å². The molecular weight excluding hydrogens is 196 g/mol. The van der Waals surface area contributed by atoms with Crippen molar-refractivity contribution in [2.24, 2.45) is 5.84 Å². The predicted octanol–water partition coefficient (Wildman–Crippen LogP) is 3.37. The van der Waals surface area contributed by atoms with E-state index >= 15 is 0 Å².